The minimum absolute atomic E-state index is 0.0665. The fourth-order valence-electron chi connectivity index (χ4n) is 4.95. The summed E-state index contributed by atoms with van der Waals surface area (Å²) in [5.41, 5.74) is -0.0157. The molecule has 1 unspecified atom stereocenters. The highest BCUT2D eigenvalue weighted by molar-refractivity contribution is 7.85. The average molecular weight is 749 g/mol. The van der Waals surface area contributed by atoms with E-state index in [1.54, 1.807) is 36.4 Å². The second-order valence-electron chi connectivity index (χ2n) is 12.9. The molecule has 0 aromatic heterocycles. The first-order valence-electron chi connectivity index (χ1n) is 15.5. The number of anilines is 1. The summed E-state index contributed by atoms with van der Waals surface area (Å²) in [6, 6.07) is 16.9. The van der Waals surface area contributed by atoms with Gasteiger partial charge in [0.05, 0.1) is 22.9 Å². The van der Waals surface area contributed by atoms with Crippen molar-refractivity contribution in [2.75, 3.05) is 17.6 Å². The van der Waals surface area contributed by atoms with E-state index in [0.29, 0.717) is 23.3 Å². The number of carbonyl (C=O) groups is 2. The van der Waals surface area contributed by atoms with E-state index in [1.165, 1.54) is 12.1 Å². The lowest BCUT2D eigenvalue weighted by atomic mass is 9.89. The van der Waals surface area contributed by atoms with Crippen LogP contribution in [0.15, 0.2) is 84.9 Å². The van der Waals surface area contributed by atoms with E-state index in [9.17, 15) is 31.2 Å². The van der Waals surface area contributed by atoms with Crippen LogP contribution in [0.3, 0.4) is 0 Å². The monoisotopic (exact) mass is 748 g/mol. The number of rotatable bonds is 11. The van der Waals surface area contributed by atoms with E-state index in [0.717, 1.165) is 23.8 Å². The summed E-state index contributed by atoms with van der Waals surface area (Å²) < 4.78 is 101. The van der Waals surface area contributed by atoms with Crippen molar-refractivity contribution >= 4 is 45.3 Å². The van der Waals surface area contributed by atoms with Gasteiger partial charge in [-0.15, -0.1) is 0 Å². The Morgan fingerprint density at radius 1 is 0.882 bits per heavy atom. The molecule has 0 aliphatic heterocycles. The number of benzene rings is 4. The summed E-state index contributed by atoms with van der Waals surface area (Å²) in [6.07, 6.45) is -0.672. The molecule has 0 aliphatic rings. The van der Waals surface area contributed by atoms with E-state index < -0.39 is 73.3 Å². The Hall–Kier alpha value is -4.59. The molecule has 4 aromatic rings. The molecule has 0 bridgehead atoms. The molecule has 7 nitrogen and oxygen atoms in total. The molecular weight excluding hydrogens is 715 g/mol. The summed E-state index contributed by atoms with van der Waals surface area (Å²) in [5, 5.41) is 4.37. The normalized spacial score (nSPS) is 12.9. The standard InChI is InChI=1S/C37H34ClF5N2O5S/c1-36(2,3)15-14-22-4-8-24(9-5-22)28(18-23-6-10-25(11-7-23)34(46)44-16-17-51(48,49)50)35(47)45-33-21-31(39)29(20-32(33)40)27-13-12-26(19-30(27)38)37(41,42)43/h4-15,19-21,28H,16-18H2,1-3H3,(H,44,46)(H,45,47)(H,48,49,50)/b15-14+. The Labute approximate surface area is 297 Å². The largest absolute Gasteiger partial charge is 0.416 e. The first-order chi connectivity index (χ1) is 23.7. The Kier molecular flexibility index (Phi) is 12.1. The minimum atomic E-state index is -4.69. The predicted molar refractivity (Wildman–Crippen MR) is 187 cm³/mol. The fraction of sp³-hybridized carbons (Fsp3) is 0.243. The zero-order valence-corrected chi connectivity index (χ0v) is 29.2. The average Bonchev–Trinajstić information content (AvgIpc) is 3.03. The topological polar surface area (TPSA) is 113 Å². The third-order valence-corrected chi connectivity index (χ3v) is 8.67. The molecule has 270 valence electrons. The SMILES string of the molecule is CC(C)(C)/C=C/c1ccc(C(Cc2ccc(C(=O)NCCS(=O)(=O)O)cc2)C(=O)Nc2cc(F)c(-c3ccc(C(F)(F)F)cc3Cl)cc2F)cc1. The third-order valence-electron chi connectivity index (χ3n) is 7.63. The molecule has 0 saturated heterocycles. The molecule has 2 amide bonds. The fourth-order valence-corrected chi connectivity index (χ4v) is 5.59. The van der Waals surface area contributed by atoms with Crippen molar-refractivity contribution in [1.82, 2.24) is 5.32 Å². The van der Waals surface area contributed by atoms with E-state index in [-0.39, 0.29) is 29.5 Å². The molecule has 0 radical (unpaired) electrons. The second kappa shape index (κ2) is 15.7. The zero-order chi connectivity index (χ0) is 37.7. The molecule has 1 atom stereocenters. The molecule has 4 rings (SSSR count). The molecule has 0 fully saturated rings. The number of hydrogen-bond donors (Lipinski definition) is 3. The van der Waals surface area contributed by atoms with Crippen LogP contribution in [0.4, 0.5) is 27.6 Å². The maximum absolute atomic E-state index is 15.4. The van der Waals surface area contributed by atoms with E-state index in [2.05, 4.69) is 10.6 Å². The van der Waals surface area contributed by atoms with Crippen LogP contribution < -0.4 is 10.6 Å². The Morgan fingerprint density at radius 3 is 2.10 bits per heavy atom. The first kappa shape index (κ1) is 39.2. The van der Waals surface area contributed by atoms with E-state index in [1.807, 2.05) is 32.9 Å². The van der Waals surface area contributed by atoms with Crippen LogP contribution in [-0.4, -0.2) is 37.1 Å². The first-order valence-corrected chi connectivity index (χ1v) is 17.5. The van der Waals surface area contributed by atoms with Gasteiger partial charge in [-0.25, -0.2) is 8.78 Å². The number of alkyl halides is 3. The molecule has 4 aromatic carbocycles. The maximum Gasteiger partial charge on any atom is 0.416 e. The smallest absolute Gasteiger partial charge is 0.351 e. The molecule has 0 saturated carbocycles. The van der Waals surface area contributed by atoms with Crippen molar-refractivity contribution in [3.63, 3.8) is 0 Å². The Bertz CT molecular complexity index is 2040. The van der Waals surface area contributed by atoms with Gasteiger partial charge in [0, 0.05) is 34.3 Å². The van der Waals surface area contributed by atoms with Gasteiger partial charge in [0.2, 0.25) is 5.91 Å². The quantitative estimate of drug-likeness (QED) is 0.105. The number of allylic oxidation sites excluding steroid dienone is 1. The number of amides is 2. The highest BCUT2D eigenvalue weighted by Gasteiger charge is 2.31. The van der Waals surface area contributed by atoms with E-state index in [4.69, 9.17) is 16.2 Å². The van der Waals surface area contributed by atoms with Crippen LogP contribution in [-0.2, 0) is 27.5 Å². The Morgan fingerprint density at radius 2 is 1.53 bits per heavy atom. The molecule has 14 heteroatoms. The van der Waals surface area contributed by atoms with Crippen LogP contribution in [0.5, 0.6) is 0 Å². The lowest BCUT2D eigenvalue weighted by molar-refractivity contribution is -0.137. The summed E-state index contributed by atoms with van der Waals surface area (Å²) in [5.74, 6) is -4.97. The van der Waals surface area contributed by atoms with Gasteiger partial charge in [0.1, 0.15) is 11.6 Å². The summed E-state index contributed by atoms with van der Waals surface area (Å²) >= 11 is 6.01. The highest BCUT2D eigenvalue weighted by Crippen LogP contribution is 2.38. The van der Waals surface area contributed by atoms with Gasteiger partial charge >= 0.3 is 6.18 Å². The second-order valence-corrected chi connectivity index (χ2v) is 14.8. The maximum atomic E-state index is 15.4. The number of nitrogens with one attached hydrogen (secondary N) is 2. The van der Waals surface area contributed by atoms with Crippen molar-refractivity contribution in [1.29, 1.82) is 0 Å². The molecule has 0 aliphatic carbocycles. The highest BCUT2D eigenvalue weighted by atomic mass is 35.5. The molecule has 0 heterocycles. The van der Waals surface area contributed by atoms with Gasteiger partial charge in [0.25, 0.3) is 16.0 Å². The molecular formula is C37H34ClF5N2O5S. The van der Waals surface area contributed by atoms with Crippen molar-refractivity contribution < 1.29 is 44.5 Å². The third kappa shape index (κ3) is 11.2. The minimum Gasteiger partial charge on any atom is -0.351 e. The van der Waals surface area contributed by atoms with Gasteiger partial charge < -0.3 is 10.6 Å². The lowest BCUT2D eigenvalue weighted by Gasteiger charge is -2.19. The van der Waals surface area contributed by atoms with E-state index >= 15 is 8.78 Å². The van der Waals surface area contributed by atoms with Gasteiger partial charge in [0.15, 0.2) is 0 Å². The van der Waals surface area contributed by atoms with Gasteiger partial charge in [-0.1, -0.05) is 87.0 Å². The van der Waals surface area contributed by atoms with Crippen LogP contribution in [0.2, 0.25) is 5.02 Å². The number of halogens is 6. The molecule has 51 heavy (non-hydrogen) atoms. The number of carbonyl (C=O) groups excluding carboxylic acids is 2. The van der Waals surface area contributed by atoms with Gasteiger partial charge in [-0.2, -0.15) is 21.6 Å². The summed E-state index contributed by atoms with van der Waals surface area (Å²) in [6.45, 7) is 5.82. The summed E-state index contributed by atoms with van der Waals surface area (Å²) in [7, 11) is -4.26. The van der Waals surface area contributed by atoms with Crippen molar-refractivity contribution in [2.24, 2.45) is 5.41 Å². The molecule has 3 N–H and O–H groups in total. The lowest BCUT2D eigenvalue weighted by Crippen LogP contribution is -2.28. The predicted octanol–water partition coefficient (Wildman–Crippen LogP) is 8.95. The van der Waals surface area contributed by atoms with Crippen molar-refractivity contribution in [3.05, 3.63) is 129 Å². The van der Waals surface area contributed by atoms with Crippen LogP contribution in [0.25, 0.3) is 17.2 Å². The van der Waals surface area contributed by atoms with Gasteiger partial charge in [-0.3, -0.25) is 14.1 Å². The molecule has 0 spiro atoms. The number of hydrogen-bond acceptors (Lipinski definition) is 4. The van der Waals surface area contributed by atoms with Crippen molar-refractivity contribution in [2.45, 2.75) is 39.3 Å². The zero-order valence-electron chi connectivity index (χ0n) is 27.6. The van der Waals surface area contributed by atoms with Crippen LogP contribution in [0, 0.1) is 17.0 Å². The van der Waals surface area contributed by atoms with Crippen LogP contribution >= 0.6 is 11.6 Å². The Balaban J connectivity index is 1.61. The summed E-state index contributed by atoms with van der Waals surface area (Å²) in [4.78, 5) is 26.2. The van der Waals surface area contributed by atoms with Crippen molar-refractivity contribution in [3.8, 4) is 11.1 Å². The van der Waals surface area contributed by atoms with Crippen LogP contribution in [0.1, 0.15) is 59.3 Å². The van der Waals surface area contributed by atoms with Gasteiger partial charge in [-0.05, 0) is 58.9 Å².